The third-order valence-corrected chi connectivity index (χ3v) is 5.15. The van der Waals surface area contributed by atoms with E-state index in [4.69, 9.17) is 19.4 Å². The van der Waals surface area contributed by atoms with E-state index in [9.17, 15) is 4.79 Å². The number of anilines is 1. The molecule has 0 unspecified atom stereocenters. The second-order valence-corrected chi connectivity index (χ2v) is 7.70. The van der Waals surface area contributed by atoms with E-state index in [1.54, 1.807) is 31.2 Å². The maximum Gasteiger partial charge on any atom is 0.260 e. The zero-order valence-electron chi connectivity index (χ0n) is 18.2. The van der Waals surface area contributed by atoms with Gasteiger partial charge in [-0.25, -0.2) is 9.97 Å². The Kier molecular flexibility index (Phi) is 7.46. The molecule has 1 aliphatic heterocycles. The molecule has 1 amide bonds. The van der Waals surface area contributed by atoms with Gasteiger partial charge in [0.15, 0.2) is 18.1 Å². The van der Waals surface area contributed by atoms with Gasteiger partial charge in [0.25, 0.3) is 5.91 Å². The number of para-hydroxylation sites is 2. The van der Waals surface area contributed by atoms with E-state index in [1.807, 2.05) is 37.2 Å². The second kappa shape index (κ2) is 10.2. The van der Waals surface area contributed by atoms with Crippen molar-refractivity contribution < 1.29 is 14.3 Å². The average Bonchev–Trinajstić information content (AvgIpc) is 2.77. The van der Waals surface area contributed by atoms with Crippen molar-refractivity contribution in [3.05, 3.63) is 41.9 Å². The fraction of sp³-hybridized carbons (Fsp3) is 0.500. The van der Waals surface area contributed by atoms with E-state index < -0.39 is 0 Å². The predicted molar refractivity (Wildman–Crippen MR) is 116 cm³/mol. The first kappa shape index (κ1) is 21.8. The van der Waals surface area contributed by atoms with Crippen LogP contribution in [0.15, 0.2) is 30.3 Å². The predicted octanol–water partition coefficient (Wildman–Crippen LogP) is 2.06. The Morgan fingerprint density at radius 3 is 2.63 bits per heavy atom. The number of hydrogen-bond acceptors (Lipinski definition) is 7. The molecule has 0 aliphatic carbocycles. The number of hydrogen-bond donors (Lipinski definition) is 1. The molecule has 0 bridgehead atoms. The first-order chi connectivity index (χ1) is 14.5. The molecule has 3 rings (SSSR count). The molecule has 2 aromatic rings. The summed E-state index contributed by atoms with van der Waals surface area (Å²) in [6, 6.07) is 9.22. The van der Waals surface area contributed by atoms with Crippen molar-refractivity contribution in [2.24, 2.45) is 0 Å². The fourth-order valence-corrected chi connectivity index (χ4v) is 3.39. The van der Waals surface area contributed by atoms with Crippen molar-refractivity contribution in [2.75, 3.05) is 52.8 Å². The van der Waals surface area contributed by atoms with Crippen molar-refractivity contribution in [1.29, 1.82) is 0 Å². The van der Waals surface area contributed by atoms with Crippen LogP contribution in [0.4, 0.5) is 5.82 Å². The third kappa shape index (κ3) is 5.60. The summed E-state index contributed by atoms with van der Waals surface area (Å²) in [5.74, 6) is 3.01. The topological polar surface area (TPSA) is 79.8 Å². The summed E-state index contributed by atoms with van der Waals surface area (Å²) in [6.07, 6.45) is 2.19. The van der Waals surface area contributed by atoms with Gasteiger partial charge in [-0.05, 0) is 31.5 Å². The summed E-state index contributed by atoms with van der Waals surface area (Å²) >= 11 is 0. The van der Waals surface area contributed by atoms with Gasteiger partial charge < -0.3 is 24.6 Å². The molecule has 8 nitrogen and oxygen atoms in total. The SMILES string of the molecule is COc1ccccc1OCC(=O)N(C)Cc1cc(N(C)C)nc([C@H]2CCCNC2)n1. The molecule has 1 aliphatic rings. The Morgan fingerprint density at radius 1 is 1.20 bits per heavy atom. The van der Waals surface area contributed by atoms with Crippen molar-refractivity contribution in [1.82, 2.24) is 20.2 Å². The number of rotatable bonds is 8. The Bertz CT molecular complexity index is 852. The third-order valence-electron chi connectivity index (χ3n) is 5.15. The van der Waals surface area contributed by atoms with Crippen molar-refractivity contribution in [2.45, 2.75) is 25.3 Å². The maximum atomic E-state index is 12.6. The first-order valence-electron chi connectivity index (χ1n) is 10.2. The minimum atomic E-state index is -0.133. The molecule has 1 saturated heterocycles. The summed E-state index contributed by atoms with van der Waals surface area (Å²) in [5, 5.41) is 3.42. The molecule has 1 aromatic carbocycles. The van der Waals surface area contributed by atoms with Gasteiger partial charge in [-0.3, -0.25) is 4.79 Å². The Balaban J connectivity index is 1.67. The maximum absolute atomic E-state index is 12.6. The van der Waals surface area contributed by atoms with Crippen LogP contribution in [0.1, 0.15) is 30.3 Å². The lowest BCUT2D eigenvalue weighted by Gasteiger charge is -2.24. The number of ether oxygens (including phenoxy) is 2. The number of carbonyl (C=O) groups excluding carboxylic acids is 1. The van der Waals surface area contributed by atoms with Crippen LogP contribution in [-0.2, 0) is 11.3 Å². The zero-order valence-corrected chi connectivity index (χ0v) is 18.2. The molecular formula is C22H31N5O3. The number of carbonyl (C=O) groups is 1. The Morgan fingerprint density at radius 2 is 1.97 bits per heavy atom. The molecular weight excluding hydrogens is 382 g/mol. The van der Waals surface area contributed by atoms with Gasteiger partial charge in [0.1, 0.15) is 11.6 Å². The minimum Gasteiger partial charge on any atom is -0.493 e. The van der Waals surface area contributed by atoms with E-state index >= 15 is 0 Å². The van der Waals surface area contributed by atoms with Crippen LogP contribution in [0, 0.1) is 0 Å². The Hall–Kier alpha value is -2.87. The van der Waals surface area contributed by atoms with Crippen molar-refractivity contribution in [3.8, 4) is 11.5 Å². The fourth-order valence-electron chi connectivity index (χ4n) is 3.39. The number of aromatic nitrogens is 2. The van der Waals surface area contributed by atoms with Crippen molar-refractivity contribution in [3.63, 3.8) is 0 Å². The molecule has 162 valence electrons. The van der Waals surface area contributed by atoms with E-state index in [0.29, 0.717) is 24.0 Å². The highest BCUT2D eigenvalue weighted by Gasteiger charge is 2.21. The molecule has 0 radical (unpaired) electrons. The quantitative estimate of drug-likeness (QED) is 0.709. The smallest absolute Gasteiger partial charge is 0.260 e. The molecule has 1 N–H and O–H groups in total. The van der Waals surface area contributed by atoms with E-state index in [1.165, 1.54) is 0 Å². The van der Waals surface area contributed by atoms with Gasteiger partial charge in [-0.2, -0.15) is 0 Å². The molecule has 1 fully saturated rings. The highest BCUT2D eigenvalue weighted by atomic mass is 16.5. The zero-order chi connectivity index (χ0) is 21.5. The van der Waals surface area contributed by atoms with Crippen LogP contribution >= 0.6 is 0 Å². The molecule has 0 spiro atoms. The van der Waals surface area contributed by atoms with Gasteiger partial charge in [-0.1, -0.05) is 12.1 Å². The Labute approximate surface area is 178 Å². The van der Waals surface area contributed by atoms with Gasteiger partial charge in [0, 0.05) is 39.7 Å². The van der Waals surface area contributed by atoms with Gasteiger partial charge in [-0.15, -0.1) is 0 Å². The molecule has 8 heteroatoms. The largest absolute Gasteiger partial charge is 0.493 e. The number of amides is 1. The van der Waals surface area contributed by atoms with Crippen LogP contribution in [0.3, 0.4) is 0 Å². The molecule has 1 aromatic heterocycles. The lowest BCUT2D eigenvalue weighted by atomic mass is 9.99. The summed E-state index contributed by atoms with van der Waals surface area (Å²) < 4.78 is 10.9. The lowest BCUT2D eigenvalue weighted by molar-refractivity contribution is -0.132. The number of methoxy groups -OCH3 is 1. The summed E-state index contributed by atoms with van der Waals surface area (Å²) in [5.41, 5.74) is 0.822. The summed E-state index contributed by atoms with van der Waals surface area (Å²) in [7, 11) is 7.26. The van der Waals surface area contributed by atoms with Crippen LogP contribution in [-0.4, -0.2) is 68.7 Å². The van der Waals surface area contributed by atoms with E-state index in [-0.39, 0.29) is 12.5 Å². The molecule has 0 saturated carbocycles. The van der Waals surface area contributed by atoms with Crippen LogP contribution in [0.5, 0.6) is 11.5 Å². The summed E-state index contributed by atoms with van der Waals surface area (Å²) in [4.78, 5) is 25.7. The van der Waals surface area contributed by atoms with Crippen LogP contribution in [0.2, 0.25) is 0 Å². The average molecular weight is 414 g/mol. The second-order valence-electron chi connectivity index (χ2n) is 7.70. The number of benzene rings is 1. The van der Waals surface area contributed by atoms with Crippen LogP contribution < -0.4 is 19.7 Å². The lowest BCUT2D eigenvalue weighted by Crippen LogP contribution is -2.32. The van der Waals surface area contributed by atoms with Gasteiger partial charge in [0.2, 0.25) is 0 Å². The van der Waals surface area contributed by atoms with Crippen LogP contribution in [0.25, 0.3) is 0 Å². The van der Waals surface area contributed by atoms with Crippen molar-refractivity contribution >= 4 is 11.7 Å². The number of nitrogens with one attached hydrogen (secondary N) is 1. The standard InChI is InChI=1S/C22H31N5O3/c1-26(2)20-12-17(24-22(25-20)16-8-7-11-23-13-16)14-27(3)21(28)15-30-19-10-6-5-9-18(19)29-4/h5-6,9-10,12,16,23H,7-8,11,13-15H2,1-4H3/t16-/m0/s1. The molecule has 1 atom stereocenters. The normalized spacial score (nSPS) is 16.1. The summed E-state index contributed by atoms with van der Waals surface area (Å²) in [6.45, 7) is 2.25. The molecule has 2 heterocycles. The number of likely N-dealkylation sites (N-methyl/N-ethyl adjacent to an activating group) is 1. The number of piperidine rings is 1. The van der Waals surface area contributed by atoms with E-state index in [2.05, 4.69) is 5.32 Å². The van der Waals surface area contributed by atoms with E-state index in [0.717, 1.165) is 43.3 Å². The highest BCUT2D eigenvalue weighted by molar-refractivity contribution is 5.77. The minimum absolute atomic E-state index is 0.0676. The molecule has 30 heavy (non-hydrogen) atoms. The number of nitrogens with zero attached hydrogens (tertiary/aromatic N) is 4. The van der Waals surface area contributed by atoms with Gasteiger partial charge in [0.05, 0.1) is 19.3 Å². The monoisotopic (exact) mass is 413 g/mol. The van der Waals surface area contributed by atoms with Gasteiger partial charge >= 0.3 is 0 Å². The highest BCUT2D eigenvalue weighted by Crippen LogP contribution is 2.26. The first-order valence-corrected chi connectivity index (χ1v) is 10.2.